The van der Waals surface area contributed by atoms with Crippen LogP contribution in [0.4, 0.5) is 5.82 Å². The maximum absolute atomic E-state index is 12.1. The second-order valence-electron chi connectivity index (χ2n) is 7.39. The summed E-state index contributed by atoms with van der Waals surface area (Å²) >= 11 is 0. The number of carbonyl (C=O) groups is 1. The first-order valence-electron chi connectivity index (χ1n) is 10.9. The van der Waals surface area contributed by atoms with Crippen molar-refractivity contribution >= 4 is 28.7 Å². The Kier molecular flexibility index (Phi) is 8.22. The van der Waals surface area contributed by atoms with Gasteiger partial charge in [0.15, 0.2) is 11.6 Å². The smallest absolute Gasteiger partial charge is 0.222 e. The molecule has 164 valence electrons. The summed E-state index contributed by atoms with van der Waals surface area (Å²) < 4.78 is 1.73. The van der Waals surface area contributed by atoms with Crippen molar-refractivity contribution in [3.63, 3.8) is 0 Å². The van der Waals surface area contributed by atoms with Crippen LogP contribution in [0.25, 0.3) is 11.0 Å². The van der Waals surface area contributed by atoms with Gasteiger partial charge >= 0.3 is 0 Å². The van der Waals surface area contributed by atoms with E-state index in [9.17, 15) is 4.79 Å². The van der Waals surface area contributed by atoms with E-state index in [2.05, 4.69) is 36.0 Å². The van der Waals surface area contributed by atoms with E-state index < -0.39 is 0 Å². The Bertz CT molecular complexity index is 848. The molecule has 0 unspecified atom stereocenters. The molecule has 0 saturated carbocycles. The highest BCUT2D eigenvalue weighted by Gasteiger charge is 2.15. The number of carbonyl (C=O) groups excluding carboxylic acids is 1. The molecular weight excluding hydrogens is 382 g/mol. The average molecular weight is 416 g/mol. The molecule has 30 heavy (non-hydrogen) atoms. The third kappa shape index (κ3) is 6.04. The Balaban J connectivity index is 1.41. The molecule has 1 saturated heterocycles. The van der Waals surface area contributed by atoms with Gasteiger partial charge in [-0.05, 0) is 26.2 Å². The van der Waals surface area contributed by atoms with Gasteiger partial charge in [0, 0.05) is 52.7 Å². The molecule has 1 aliphatic heterocycles. The van der Waals surface area contributed by atoms with Gasteiger partial charge in [-0.15, -0.1) is 0 Å². The molecule has 3 N–H and O–H groups in total. The molecule has 2 aromatic heterocycles. The summed E-state index contributed by atoms with van der Waals surface area (Å²) in [6.07, 6.45) is 8.18. The predicted octanol–water partition coefficient (Wildman–Crippen LogP) is 1.12. The van der Waals surface area contributed by atoms with Crippen LogP contribution in [0, 0.1) is 0 Å². The highest BCUT2D eigenvalue weighted by molar-refractivity contribution is 5.86. The molecule has 3 heterocycles. The third-order valence-electron chi connectivity index (χ3n) is 5.11. The number of anilines is 1. The Morgan fingerprint density at radius 2 is 2.10 bits per heavy atom. The van der Waals surface area contributed by atoms with Crippen molar-refractivity contribution in [2.75, 3.05) is 44.6 Å². The standard InChI is InChI=1S/C20H33N9O/c1-3-21-20(23-9-7-13-29-12-6-4-5-8-17(29)30)24-11-10-22-18-16-14-27-28(2)19(16)26-15-25-18/h14-15H,3-13H2,1-2H3,(H2,21,23,24)(H,22,25,26). The van der Waals surface area contributed by atoms with Crippen molar-refractivity contribution in [3.05, 3.63) is 12.5 Å². The van der Waals surface area contributed by atoms with Crippen molar-refractivity contribution in [2.45, 2.75) is 39.0 Å². The maximum Gasteiger partial charge on any atom is 0.222 e. The van der Waals surface area contributed by atoms with Gasteiger partial charge in [0.2, 0.25) is 5.91 Å². The van der Waals surface area contributed by atoms with Gasteiger partial charge in [-0.2, -0.15) is 5.10 Å². The van der Waals surface area contributed by atoms with Crippen LogP contribution in [-0.2, 0) is 11.8 Å². The number of aryl methyl sites for hydroxylation is 1. The quantitative estimate of drug-likeness (QED) is 0.320. The largest absolute Gasteiger partial charge is 0.368 e. The molecule has 0 spiro atoms. The van der Waals surface area contributed by atoms with E-state index in [0.29, 0.717) is 32.0 Å². The minimum absolute atomic E-state index is 0.292. The molecular formula is C20H33N9O. The number of aromatic nitrogens is 4. The zero-order chi connectivity index (χ0) is 21.2. The minimum Gasteiger partial charge on any atom is -0.368 e. The molecule has 0 radical (unpaired) electrons. The summed E-state index contributed by atoms with van der Waals surface area (Å²) in [6.45, 7) is 6.60. The Labute approximate surface area is 177 Å². The Hall–Kier alpha value is -2.91. The first kappa shape index (κ1) is 21.8. The van der Waals surface area contributed by atoms with Crippen LogP contribution in [0.15, 0.2) is 17.5 Å². The number of fused-ring (bicyclic) bond motifs is 1. The molecule has 1 aliphatic rings. The van der Waals surface area contributed by atoms with Gasteiger partial charge in [-0.3, -0.25) is 14.5 Å². The number of amides is 1. The van der Waals surface area contributed by atoms with Crippen LogP contribution in [0.2, 0.25) is 0 Å². The van der Waals surface area contributed by atoms with Gasteiger partial charge in [0.1, 0.15) is 12.1 Å². The molecule has 0 aromatic carbocycles. The fourth-order valence-electron chi connectivity index (χ4n) is 3.53. The number of nitrogens with zero attached hydrogens (tertiary/aromatic N) is 6. The van der Waals surface area contributed by atoms with Crippen molar-refractivity contribution in [1.29, 1.82) is 0 Å². The molecule has 0 bridgehead atoms. The van der Waals surface area contributed by atoms with Crippen LogP contribution in [-0.4, -0.2) is 75.8 Å². The minimum atomic E-state index is 0.292. The zero-order valence-electron chi connectivity index (χ0n) is 18.0. The Morgan fingerprint density at radius 1 is 1.20 bits per heavy atom. The van der Waals surface area contributed by atoms with Crippen LogP contribution in [0.1, 0.15) is 39.0 Å². The van der Waals surface area contributed by atoms with Crippen molar-refractivity contribution in [3.8, 4) is 0 Å². The van der Waals surface area contributed by atoms with Crippen LogP contribution in [0.5, 0.6) is 0 Å². The number of aliphatic imine (C=N–C) groups is 1. The molecule has 10 nitrogen and oxygen atoms in total. The highest BCUT2D eigenvalue weighted by Crippen LogP contribution is 2.17. The van der Waals surface area contributed by atoms with E-state index in [-0.39, 0.29) is 0 Å². The predicted molar refractivity (Wildman–Crippen MR) is 118 cm³/mol. The van der Waals surface area contributed by atoms with Crippen molar-refractivity contribution in [1.82, 2.24) is 35.3 Å². The number of hydrogen-bond donors (Lipinski definition) is 3. The summed E-state index contributed by atoms with van der Waals surface area (Å²) in [7, 11) is 1.86. The first-order valence-corrected chi connectivity index (χ1v) is 10.9. The number of guanidine groups is 1. The van der Waals surface area contributed by atoms with Crippen LogP contribution < -0.4 is 16.0 Å². The second kappa shape index (κ2) is 11.3. The fraction of sp³-hybridized carbons (Fsp3) is 0.650. The monoisotopic (exact) mass is 415 g/mol. The zero-order valence-corrected chi connectivity index (χ0v) is 18.0. The van der Waals surface area contributed by atoms with E-state index >= 15 is 0 Å². The Morgan fingerprint density at radius 3 is 2.97 bits per heavy atom. The second-order valence-corrected chi connectivity index (χ2v) is 7.39. The number of likely N-dealkylation sites (tertiary alicyclic amines) is 1. The fourth-order valence-corrected chi connectivity index (χ4v) is 3.53. The van der Waals surface area contributed by atoms with Crippen molar-refractivity contribution < 1.29 is 4.79 Å². The molecule has 1 amide bonds. The maximum atomic E-state index is 12.1. The number of rotatable bonds is 9. The lowest BCUT2D eigenvalue weighted by molar-refractivity contribution is -0.130. The van der Waals surface area contributed by atoms with E-state index in [0.717, 1.165) is 68.1 Å². The van der Waals surface area contributed by atoms with E-state index in [1.165, 1.54) is 0 Å². The van der Waals surface area contributed by atoms with E-state index in [1.807, 2.05) is 18.9 Å². The van der Waals surface area contributed by atoms with Gasteiger partial charge in [0.25, 0.3) is 0 Å². The molecule has 0 aliphatic carbocycles. The lowest BCUT2D eigenvalue weighted by Gasteiger charge is -2.20. The third-order valence-corrected chi connectivity index (χ3v) is 5.11. The summed E-state index contributed by atoms with van der Waals surface area (Å²) in [5.74, 6) is 1.86. The summed E-state index contributed by atoms with van der Waals surface area (Å²) in [6, 6.07) is 0. The molecule has 10 heteroatoms. The van der Waals surface area contributed by atoms with Gasteiger partial charge in [-0.1, -0.05) is 6.42 Å². The number of nitrogens with one attached hydrogen (secondary N) is 3. The van der Waals surface area contributed by atoms with Crippen molar-refractivity contribution in [2.24, 2.45) is 12.0 Å². The molecule has 2 aromatic rings. The SMILES string of the molecule is CCNC(=NCCCN1CCCCCC1=O)NCCNc1ncnc2c1cnn2C. The van der Waals surface area contributed by atoms with E-state index in [4.69, 9.17) is 0 Å². The summed E-state index contributed by atoms with van der Waals surface area (Å²) in [5, 5.41) is 15.1. The normalized spacial score (nSPS) is 15.3. The number of hydrogen-bond acceptors (Lipinski definition) is 6. The molecule has 3 rings (SSSR count). The lowest BCUT2D eigenvalue weighted by Crippen LogP contribution is -2.39. The van der Waals surface area contributed by atoms with Gasteiger partial charge in [-0.25, -0.2) is 9.97 Å². The van der Waals surface area contributed by atoms with E-state index in [1.54, 1.807) is 17.2 Å². The highest BCUT2D eigenvalue weighted by atomic mass is 16.2. The summed E-state index contributed by atoms with van der Waals surface area (Å²) in [5.41, 5.74) is 0.804. The molecule has 0 atom stereocenters. The summed E-state index contributed by atoms with van der Waals surface area (Å²) in [4.78, 5) is 27.2. The van der Waals surface area contributed by atoms with Gasteiger partial charge < -0.3 is 20.9 Å². The topological polar surface area (TPSA) is 112 Å². The average Bonchev–Trinajstić information content (AvgIpc) is 3.01. The van der Waals surface area contributed by atoms with Crippen LogP contribution in [0.3, 0.4) is 0 Å². The van der Waals surface area contributed by atoms with Gasteiger partial charge in [0.05, 0.1) is 11.6 Å². The molecule has 1 fully saturated rings. The lowest BCUT2D eigenvalue weighted by atomic mass is 10.2. The van der Waals surface area contributed by atoms with Crippen LogP contribution >= 0.6 is 0 Å². The first-order chi connectivity index (χ1) is 14.7.